The first kappa shape index (κ1) is 15.8. The van der Waals surface area contributed by atoms with Gasteiger partial charge in [-0.05, 0) is 21.9 Å². The van der Waals surface area contributed by atoms with Gasteiger partial charge >= 0.3 is 0 Å². The monoisotopic (exact) mass is 360 g/mol. The van der Waals surface area contributed by atoms with Crippen molar-refractivity contribution in [3.8, 4) is 10.7 Å². The molecule has 0 N–H and O–H groups in total. The molecule has 0 bridgehead atoms. The smallest absolute Gasteiger partial charge is 0.244 e. The molecule has 10 nitrogen and oxygen atoms in total. The second-order valence-electron chi connectivity index (χ2n) is 5.65. The number of carbonyl (C=O) groups is 1. The summed E-state index contributed by atoms with van der Waals surface area (Å²) in [5.74, 6) is 1.24. The van der Waals surface area contributed by atoms with E-state index in [-0.39, 0.29) is 12.5 Å². The Kier molecular flexibility index (Phi) is 4.48. The van der Waals surface area contributed by atoms with Gasteiger partial charge in [0.1, 0.15) is 12.9 Å². The van der Waals surface area contributed by atoms with Crippen LogP contribution in [0.2, 0.25) is 0 Å². The van der Waals surface area contributed by atoms with E-state index in [4.69, 9.17) is 4.52 Å². The summed E-state index contributed by atoms with van der Waals surface area (Å²) >= 11 is 1.58. The third-order valence-corrected chi connectivity index (χ3v) is 4.85. The molecule has 0 spiro atoms. The fraction of sp³-hybridized carbons (Fsp3) is 0.429. The standard InChI is InChI=1S/C14H16N8O2S/c23-13(9-22-10-15-18-19-22)21-5-3-20(4-6-21)8-12-16-14(17-24-12)11-2-1-7-25-11/h1-2,7,10H,3-6,8-9H2. The van der Waals surface area contributed by atoms with E-state index in [0.29, 0.717) is 31.3 Å². The van der Waals surface area contributed by atoms with Crippen molar-refractivity contribution in [2.45, 2.75) is 13.1 Å². The second-order valence-corrected chi connectivity index (χ2v) is 6.60. The molecule has 0 aliphatic carbocycles. The molecule has 11 heteroatoms. The summed E-state index contributed by atoms with van der Waals surface area (Å²) in [4.78, 5) is 21.7. The number of hydrogen-bond donors (Lipinski definition) is 0. The molecule has 1 amide bonds. The number of thiophene rings is 1. The number of nitrogens with zero attached hydrogens (tertiary/aromatic N) is 8. The molecule has 1 fully saturated rings. The summed E-state index contributed by atoms with van der Waals surface area (Å²) in [5, 5.41) is 16.8. The number of piperazine rings is 1. The summed E-state index contributed by atoms with van der Waals surface area (Å²) in [7, 11) is 0. The Hall–Kier alpha value is -2.66. The molecule has 1 saturated heterocycles. The third kappa shape index (κ3) is 3.72. The van der Waals surface area contributed by atoms with Crippen LogP contribution >= 0.6 is 11.3 Å². The highest BCUT2D eigenvalue weighted by molar-refractivity contribution is 7.13. The second kappa shape index (κ2) is 7.07. The van der Waals surface area contributed by atoms with Crippen LogP contribution in [-0.4, -0.2) is 72.2 Å². The minimum Gasteiger partial charge on any atom is -0.339 e. The van der Waals surface area contributed by atoms with Crippen molar-refractivity contribution in [1.82, 2.24) is 40.1 Å². The van der Waals surface area contributed by atoms with Crippen LogP contribution in [0.1, 0.15) is 5.89 Å². The van der Waals surface area contributed by atoms with Gasteiger partial charge < -0.3 is 9.42 Å². The average molecular weight is 360 g/mol. The molecule has 4 rings (SSSR count). The molecule has 130 valence electrons. The predicted molar refractivity (Wildman–Crippen MR) is 87.3 cm³/mol. The van der Waals surface area contributed by atoms with Gasteiger partial charge in [-0.1, -0.05) is 11.2 Å². The van der Waals surface area contributed by atoms with E-state index in [0.717, 1.165) is 18.0 Å². The first-order valence-corrected chi connectivity index (χ1v) is 8.73. The Morgan fingerprint density at radius 1 is 1.28 bits per heavy atom. The van der Waals surface area contributed by atoms with Crippen LogP contribution < -0.4 is 0 Å². The minimum absolute atomic E-state index is 0.0183. The largest absolute Gasteiger partial charge is 0.339 e. The molecule has 0 aromatic carbocycles. The maximum Gasteiger partial charge on any atom is 0.244 e. The molecule has 3 aromatic rings. The predicted octanol–water partition coefficient (Wildman–Crippen LogP) is 0.129. The SMILES string of the molecule is O=C(Cn1cnnn1)N1CCN(Cc2nc(-c3cccs3)no2)CC1. The minimum atomic E-state index is 0.0183. The molecule has 0 unspecified atom stereocenters. The highest BCUT2D eigenvalue weighted by atomic mass is 32.1. The lowest BCUT2D eigenvalue weighted by Crippen LogP contribution is -2.49. The summed E-state index contributed by atoms with van der Waals surface area (Å²) < 4.78 is 6.76. The van der Waals surface area contributed by atoms with Gasteiger partial charge in [0, 0.05) is 26.2 Å². The van der Waals surface area contributed by atoms with Gasteiger partial charge in [-0.3, -0.25) is 9.69 Å². The molecule has 1 aliphatic rings. The molecular formula is C14H16N8O2S. The van der Waals surface area contributed by atoms with Gasteiger partial charge in [0.05, 0.1) is 11.4 Å². The fourth-order valence-electron chi connectivity index (χ4n) is 2.66. The van der Waals surface area contributed by atoms with Crippen molar-refractivity contribution < 1.29 is 9.32 Å². The number of tetrazole rings is 1. The zero-order valence-corrected chi connectivity index (χ0v) is 14.2. The van der Waals surface area contributed by atoms with Gasteiger partial charge in [-0.25, -0.2) is 4.68 Å². The lowest BCUT2D eigenvalue weighted by atomic mass is 10.3. The number of hydrogen-bond acceptors (Lipinski definition) is 9. The van der Waals surface area contributed by atoms with Crippen molar-refractivity contribution in [3.63, 3.8) is 0 Å². The maximum atomic E-state index is 12.2. The van der Waals surface area contributed by atoms with Crippen molar-refractivity contribution >= 4 is 17.2 Å². The Morgan fingerprint density at radius 2 is 2.16 bits per heavy atom. The summed E-state index contributed by atoms with van der Waals surface area (Å²) in [6.45, 7) is 3.60. The van der Waals surface area contributed by atoms with E-state index < -0.39 is 0 Å². The molecule has 25 heavy (non-hydrogen) atoms. The van der Waals surface area contributed by atoms with Crippen LogP contribution in [-0.2, 0) is 17.9 Å². The Morgan fingerprint density at radius 3 is 2.88 bits per heavy atom. The highest BCUT2D eigenvalue weighted by Crippen LogP contribution is 2.21. The maximum absolute atomic E-state index is 12.2. The van der Waals surface area contributed by atoms with Crippen molar-refractivity contribution in [2.75, 3.05) is 26.2 Å². The van der Waals surface area contributed by atoms with Crippen molar-refractivity contribution in [1.29, 1.82) is 0 Å². The van der Waals surface area contributed by atoms with Crippen molar-refractivity contribution in [3.05, 3.63) is 29.7 Å². The molecular weight excluding hydrogens is 344 g/mol. The van der Waals surface area contributed by atoms with E-state index in [1.165, 1.54) is 11.0 Å². The van der Waals surface area contributed by atoms with Gasteiger partial charge in [0.25, 0.3) is 0 Å². The Balaban J connectivity index is 1.28. The molecule has 0 atom stereocenters. The van der Waals surface area contributed by atoms with Gasteiger partial charge in [0.2, 0.25) is 17.6 Å². The molecule has 4 heterocycles. The average Bonchev–Trinajstić information content (AvgIpc) is 3.38. The fourth-order valence-corrected chi connectivity index (χ4v) is 3.31. The Bertz CT molecular complexity index is 808. The molecule has 0 saturated carbocycles. The van der Waals surface area contributed by atoms with Crippen molar-refractivity contribution in [2.24, 2.45) is 0 Å². The van der Waals surface area contributed by atoms with E-state index in [9.17, 15) is 4.79 Å². The lowest BCUT2D eigenvalue weighted by molar-refractivity contribution is -0.133. The number of amides is 1. The van der Waals surface area contributed by atoms with Crippen LogP contribution in [0.4, 0.5) is 0 Å². The van der Waals surface area contributed by atoms with Crippen LogP contribution in [0.5, 0.6) is 0 Å². The zero-order chi connectivity index (χ0) is 17.1. The first-order valence-electron chi connectivity index (χ1n) is 7.85. The molecule has 3 aromatic heterocycles. The number of carbonyl (C=O) groups excluding carboxylic acids is 1. The van der Waals surface area contributed by atoms with E-state index in [1.807, 2.05) is 22.4 Å². The van der Waals surface area contributed by atoms with Crippen LogP contribution in [0.3, 0.4) is 0 Å². The van der Waals surface area contributed by atoms with Crippen LogP contribution in [0, 0.1) is 0 Å². The zero-order valence-electron chi connectivity index (χ0n) is 13.4. The number of aromatic nitrogens is 6. The molecule has 0 radical (unpaired) electrons. The van der Waals surface area contributed by atoms with Crippen LogP contribution in [0.15, 0.2) is 28.4 Å². The number of rotatable bonds is 5. The van der Waals surface area contributed by atoms with Gasteiger partial charge in [-0.15, -0.1) is 16.4 Å². The topological polar surface area (TPSA) is 106 Å². The van der Waals surface area contributed by atoms with Gasteiger partial charge in [-0.2, -0.15) is 4.98 Å². The summed E-state index contributed by atoms with van der Waals surface area (Å²) in [6.07, 6.45) is 1.44. The highest BCUT2D eigenvalue weighted by Gasteiger charge is 2.23. The normalized spacial score (nSPS) is 15.6. The third-order valence-electron chi connectivity index (χ3n) is 3.98. The van der Waals surface area contributed by atoms with Crippen LogP contribution in [0.25, 0.3) is 10.7 Å². The quantitative estimate of drug-likeness (QED) is 0.632. The molecule has 1 aliphatic heterocycles. The lowest BCUT2D eigenvalue weighted by Gasteiger charge is -2.33. The van der Waals surface area contributed by atoms with Gasteiger partial charge in [0.15, 0.2) is 0 Å². The van der Waals surface area contributed by atoms with E-state index in [1.54, 1.807) is 11.3 Å². The summed E-state index contributed by atoms with van der Waals surface area (Å²) in [6, 6.07) is 3.93. The van der Waals surface area contributed by atoms with E-state index in [2.05, 4.69) is 30.6 Å². The van der Waals surface area contributed by atoms with E-state index >= 15 is 0 Å². The summed E-state index contributed by atoms with van der Waals surface area (Å²) in [5.41, 5.74) is 0. The first-order chi connectivity index (χ1) is 12.3. The Labute approximate surface area is 147 Å².